The predicted octanol–water partition coefficient (Wildman–Crippen LogP) is 4.54. The summed E-state index contributed by atoms with van der Waals surface area (Å²) < 4.78 is 45.0. The molecule has 0 aliphatic rings. The van der Waals surface area contributed by atoms with Crippen molar-refractivity contribution >= 4 is 5.97 Å². The van der Waals surface area contributed by atoms with Gasteiger partial charge in [0.05, 0.1) is 12.7 Å². The minimum atomic E-state index is -4.43. The van der Waals surface area contributed by atoms with Crippen LogP contribution in [-0.2, 0) is 10.9 Å². The lowest BCUT2D eigenvalue weighted by atomic mass is 10.0. The highest BCUT2D eigenvalue weighted by molar-refractivity contribution is 5.96. The number of methoxy groups -OCH3 is 1. The van der Waals surface area contributed by atoms with Crippen LogP contribution in [0.25, 0.3) is 11.1 Å². The van der Waals surface area contributed by atoms with Crippen LogP contribution in [0.4, 0.5) is 13.2 Å². The van der Waals surface area contributed by atoms with Crippen LogP contribution in [0.2, 0.25) is 0 Å². The molecule has 0 radical (unpaired) electrons. The minimum absolute atomic E-state index is 0.0198. The Labute approximate surface area is 126 Å². The van der Waals surface area contributed by atoms with E-state index in [9.17, 15) is 18.0 Å². The molecule has 0 bridgehead atoms. The molecule has 2 aromatic rings. The Kier molecular flexibility index (Phi) is 4.30. The lowest BCUT2D eigenvalue weighted by molar-refractivity contribution is -0.137. The van der Waals surface area contributed by atoms with Crippen molar-refractivity contribution in [3.05, 3.63) is 47.8 Å². The summed E-state index contributed by atoms with van der Waals surface area (Å²) >= 11 is 0. The number of carbonyl (C=O) groups excluding carboxylic acids is 1. The van der Waals surface area contributed by atoms with E-state index in [1.165, 1.54) is 13.2 Å². The van der Waals surface area contributed by atoms with E-state index in [1.807, 2.05) is 13.8 Å². The summed E-state index contributed by atoms with van der Waals surface area (Å²) in [5.74, 6) is -0.578. The van der Waals surface area contributed by atoms with Gasteiger partial charge in [-0.05, 0) is 37.6 Å². The number of benzene rings is 1. The first-order valence-corrected chi connectivity index (χ1v) is 6.72. The number of rotatable bonds is 3. The zero-order chi connectivity index (χ0) is 16.5. The molecule has 6 heteroatoms. The van der Waals surface area contributed by atoms with Crippen LogP contribution in [0.5, 0.6) is 0 Å². The van der Waals surface area contributed by atoms with E-state index in [-0.39, 0.29) is 11.7 Å². The summed E-state index contributed by atoms with van der Waals surface area (Å²) in [5.41, 5.74) is 0.246. The largest absolute Gasteiger partial charge is 0.464 e. The molecule has 22 heavy (non-hydrogen) atoms. The molecule has 0 unspecified atom stereocenters. The number of ether oxygens (including phenoxy) is 1. The van der Waals surface area contributed by atoms with Crippen LogP contribution in [-0.4, -0.2) is 17.6 Å². The monoisotopic (exact) mass is 311 g/mol. The SMILES string of the molecule is COC(=O)c1c(-c2cccc(C(F)(F)F)c2)ccn1C(C)C. The van der Waals surface area contributed by atoms with Crippen molar-refractivity contribution in [3.8, 4) is 11.1 Å². The highest BCUT2D eigenvalue weighted by atomic mass is 19.4. The molecule has 3 nitrogen and oxygen atoms in total. The van der Waals surface area contributed by atoms with Crippen LogP contribution >= 0.6 is 0 Å². The molecule has 118 valence electrons. The van der Waals surface area contributed by atoms with Gasteiger partial charge in [0.2, 0.25) is 0 Å². The van der Waals surface area contributed by atoms with Crippen LogP contribution in [0, 0.1) is 0 Å². The Bertz CT molecular complexity index is 687. The summed E-state index contributed by atoms with van der Waals surface area (Å²) in [6.45, 7) is 3.75. The number of aromatic nitrogens is 1. The standard InChI is InChI=1S/C16H16F3NO2/c1-10(2)20-8-7-13(14(20)15(21)22-3)11-5-4-6-12(9-11)16(17,18)19/h4-10H,1-3H3. The van der Waals surface area contributed by atoms with Crippen LogP contribution in [0.1, 0.15) is 35.9 Å². The second kappa shape index (κ2) is 5.87. The lowest BCUT2D eigenvalue weighted by Crippen LogP contribution is -2.13. The molecule has 0 N–H and O–H groups in total. The summed E-state index contributed by atoms with van der Waals surface area (Å²) in [4.78, 5) is 12.0. The number of hydrogen-bond acceptors (Lipinski definition) is 2. The van der Waals surface area contributed by atoms with Gasteiger partial charge in [-0.15, -0.1) is 0 Å². The van der Waals surface area contributed by atoms with Crippen molar-refractivity contribution in [1.82, 2.24) is 4.57 Å². The van der Waals surface area contributed by atoms with Crippen LogP contribution in [0.3, 0.4) is 0 Å². The van der Waals surface area contributed by atoms with Gasteiger partial charge in [-0.3, -0.25) is 0 Å². The molecule has 1 heterocycles. The first kappa shape index (κ1) is 16.1. The number of esters is 1. The van der Waals surface area contributed by atoms with E-state index in [0.29, 0.717) is 11.1 Å². The molecule has 1 aromatic carbocycles. The molecule has 0 saturated heterocycles. The predicted molar refractivity (Wildman–Crippen MR) is 76.6 cm³/mol. The summed E-state index contributed by atoms with van der Waals surface area (Å²) in [6, 6.07) is 6.51. The maximum atomic E-state index is 12.8. The number of nitrogens with zero attached hydrogens (tertiary/aromatic N) is 1. The normalized spacial score (nSPS) is 11.8. The van der Waals surface area contributed by atoms with Crippen LogP contribution < -0.4 is 0 Å². The van der Waals surface area contributed by atoms with E-state index in [1.54, 1.807) is 22.9 Å². The Balaban J connectivity index is 2.61. The van der Waals surface area contributed by atoms with Crippen LogP contribution in [0.15, 0.2) is 36.5 Å². The number of hydrogen-bond donors (Lipinski definition) is 0. The molecule has 0 spiro atoms. The Hall–Kier alpha value is -2.24. The smallest absolute Gasteiger partial charge is 0.416 e. The third-order valence-corrected chi connectivity index (χ3v) is 3.35. The fourth-order valence-corrected chi connectivity index (χ4v) is 2.29. The van der Waals surface area contributed by atoms with Crippen molar-refractivity contribution in [2.45, 2.75) is 26.1 Å². The van der Waals surface area contributed by atoms with Gasteiger partial charge in [-0.2, -0.15) is 13.2 Å². The van der Waals surface area contributed by atoms with Gasteiger partial charge in [-0.1, -0.05) is 12.1 Å². The molecule has 0 fully saturated rings. The van der Waals surface area contributed by atoms with Gasteiger partial charge in [0.25, 0.3) is 0 Å². The molecule has 0 atom stereocenters. The van der Waals surface area contributed by atoms with Gasteiger partial charge in [-0.25, -0.2) is 4.79 Å². The van der Waals surface area contributed by atoms with Crippen molar-refractivity contribution < 1.29 is 22.7 Å². The second-order valence-electron chi connectivity index (χ2n) is 5.15. The van der Waals surface area contributed by atoms with E-state index in [2.05, 4.69) is 0 Å². The molecule has 2 rings (SSSR count). The van der Waals surface area contributed by atoms with Crippen molar-refractivity contribution in [2.24, 2.45) is 0 Å². The van der Waals surface area contributed by atoms with Gasteiger partial charge >= 0.3 is 12.1 Å². The molecule has 0 saturated carbocycles. The van der Waals surface area contributed by atoms with E-state index in [0.717, 1.165) is 12.1 Å². The topological polar surface area (TPSA) is 31.2 Å². The summed E-state index contributed by atoms with van der Waals surface area (Å²) in [5, 5.41) is 0. The minimum Gasteiger partial charge on any atom is -0.464 e. The summed E-state index contributed by atoms with van der Waals surface area (Å²) in [6.07, 6.45) is -2.76. The third kappa shape index (κ3) is 3.00. The second-order valence-corrected chi connectivity index (χ2v) is 5.15. The Morgan fingerprint density at radius 3 is 2.45 bits per heavy atom. The van der Waals surface area contributed by atoms with E-state index in [4.69, 9.17) is 4.74 Å². The Morgan fingerprint density at radius 1 is 1.23 bits per heavy atom. The first-order valence-electron chi connectivity index (χ1n) is 6.72. The Morgan fingerprint density at radius 2 is 1.91 bits per heavy atom. The van der Waals surface area contributed by atoms with Crippen molar-refractivity contribution in [2.75, 3.05) is 7.11 Å². The zero-order valence-corrected chi connectivity index (χ0v) is 12.4. The van der Waals surface area contributed by atoms with Gasteiger partial charge in [0, 0.05) is 17.8 Å². The average molecular weight is 311 g/mol. The van der Waals surface area contributed by atoms with Gasteiger partial charge in [0.1, 0.15) is 5.69 Å². The number of alkyl halides is 3. The summed E-state index contributed by atoms with van der Waals surface area (Å²) in [7, 11) is 1.25. The highest BCUT2D eigenvalue weighted by Crippen LogP contribution is 2.34. The highest BCUT2D eigenvalue weighted by Gasteiger charge is 2.31. The van der Waals surface area contributed by atoms with E-state index < -0.39 is 17.7 Å². The van der Waals surface area contributed by atoms with E-state index >= 15 is 0 Å². The molecular weight excluding hydrogens is 295 g/mol. The molecule has 0 aliphatic carbocycles. The van der Waals surface area contributed by atoms with Crippen molar-refractivity contribution in [3.63, 3.8) is 0 Å². The van der Waals surface area contributed by atoms with Gasteiger partial charge < -0.3 is 9.30 Å². The average Bonchev–Trinajstić information content (AvgIpc) is 2.90. The maximum Gasteiger partial charge on any atom is 0.416 e. The molecular formula is C16H16F3NO2. The van der Waals surface area contributed by atoms with Crippen molar-refractivity contribution in [1.29, 1.82) is 0 Å². The molecule has 0 aliphatic heterocycles. The third-order valence-electron chi connectivity index (χ3n) is 3.35. The quantitative estimate of drug-likeness (QED) is 0.779. The molecule has 1 aromatic heterocycles. The van der Waals surface area contributed by atoms with Gasteiger partial charge in [0.15, 0.2) is 0 Å². The first-order chi connectivity index (χ1) is 10.3. The number of halogens is 3. The number of carbonyl (C=O) groups is 1. The fraction of sp³-hybridized carbons (Fsp3) is 0.312. The zero-order valence-electron chi connectivity index (χ0n) is 12.4. The maximum absolute atomic E-state index is 12.8. The fourth-order valence-electron chi connectivity index (χ4n) is 2.29. The molecule has 0 amide bonds. The lowest BCUT2D eigenvalue weighted by Gasteiger charge is -2.14.